The van der Waals surface area contributed by atoms with E-state index in [0.717, 1.165) is 61.8 Å². The molecular formula is C25H31ClN4O2. The molecule has 0 spiro atoms. The number of anilines is 2. The van der Waals surface area contributed by atoms with Gasteiger partial charge in [-0.3, -0.25) is 4.79 Å². The van der Waals surface area contributed by atoms with Gasteiger partial charge >= 0.3 is 6.03 Å². The number of carbonyl (C=O) groups excluding carboxylic acids is 2. The van der Waals surface area contributed by atoms with E-state index in [1.54, 1.807) is 6.92 Å². The van der Waals surface area contributed by atoms with Crippen LogP contribution in [0.15, 0.2) is 48.5 Å². The Morgan fingerprint density at radius 3 is 2.25 bits per heavy atom. The van der Waals surface area contributed by atoms with Crippen LogP contribution in [0.2, 0.25) is 5.02 Å². The van der Waals surface area contributed by atoms with Gasteiger partial charge in [-0.15, -0.1) is 0 Å². The fraction of sp³-hybridized carbons (Fsp3) is 0.440. The number of rotatable bonds is 4. The molecule has 6 nitrogen and oxygen atoms in total. The number of nitrogens with one attached hydrogen (secondary N) is 1. The zero-order chi connectivity index (χ0) is 22.7. The summed E-state index contributed by atoms with van der Waals surface area (Å²) in [6.45, 7) is 4.87. The number of piperidine rings is 1. The second kappa shape index (κ2) is 9.82. The van der Waals surface area contributed by atoms with Crippen LogP contribution in [0.5, 0.6) is 0 Å². The van der Waals surface area contributed by atoms with E-state index in [0.29, 0.717) is 5.92 Å². The lowest BCUT2D eigenvalue weighted by Gasteiger charge is -2.32. The van der Waals surface area contributed by atoms with Crippen LogP contribution in [-0.4, -0.2) is 61.0 Å². The van der Waals surface area contributed by atoms with E-state index in [-0.39, 0.29) is 18.0 Å². The molecule has 2 aromatic carbocycles. The predicted molar refractivity (Wildman–Crippen MR) is 130 cm³/mol. The Morgan fingerprint density at radius 1 is 0.969 bits per heavy atom. The maximum Gasteiger partial charge on any atom is 0.321 e. The SMILES string of the molecule is CC(=O)N(C)C1CCN(c2ccc(NC(=O)N3CCC(c4ccc(Cl)cc4)CC3)cc2)C1. The molecule has 1 N–H and O–H groups in total. The number of urea groups is 1. The highest BCUT2D eigenvalue weighted by atomic mass is 35.5. The third kappa shape index (κ3) is 5.18. The summed E-state index contributed by atoms with van der Waals surface area (Å²) in [4.78, 5) is 30.3. The first kappa shape index (κ1) is 22.5. The number of nitrogens with zero attached hydrogens (tertiary/aromatic N) is 3. The van der Waals surface area contributed by atoms with Crippen molar-refractivity contribution < 1.29 is 9.59 Å². The monoisotopic (exact) mass is 454 g/mol. The molecule has 0 bridgehead atoms. The summed E-state index contributed by atoms with van der Waals surface area (Å²) < 4.78 is 0. The molecule has 4 rings (SSSR count). The molecule has 0 saturated carbocycles. The second-order valence-corrected chi connectivity index (χ2v) is 9.24. The highest BCUT2D eigenvalue weighted by Crippen LogP contribution is 2.29. The Morgan fingerprint density at radius 2 is 1.62 bits per heavy atom. The molecule has 1 atom stereocenters. The standard InChI is InChI=1S/C25H31ClN4O2/c1-18(31)28(2)24-13-16-30(17-24)23-9-7-22(8-10-23)27-25(32)29-14-11-20(12-15-29)19-3-5-21(26)6-4-19/h3-10,20,24H,11-17H2,1-2H3,(H,27,32). The molecule has 3 amide bonds. The largest absolute Gasteiger partial charge is 0.369 e. The van der Waals surface area contributed by atoms with Crippen LogP contribution in [0.1, 0.15) is 37.7 Å². The van der Waals surface area contributed by atoms with Crippen molar-refractivity contribution in [1.82, 2.24) is 9.80 Å². The van der Waals surface area contributed by atoms with Gasteiger partial charge in [0.25, 0.3) is 0 Å². The van der Waals surface area contributed by atoms with Gasteiger partial charge in [0, 0.05) is 56.5 Å². The van der Waals surface area contributed by atoms with Gasteiger partial charge in [0.05, 0.1) is 6.04 Å². The molecule has 2 aliphatic heterocycles. The van der Waals surface area contributed by atoms with Crippen LogP contribution in [0, 0.1) is 0 Å². The number of likely N-dealkylation sites (tertiary alicyclic amines) is 1. The Bertz CT molecular complexity index is 939. The lowest BCUT2D eigenvalue weighted by Crippen LogP contribution is -2.40. The smallest absolute Gasteiger partial charge is 0.321 e. The molecule has 0 aliphatic carbocycles. The van der Waals surface area contributed by atoms with Crippen molar-refractivity contribution in [1.29, 1.82) is 0 Å². The average molecular weight is 455 g/mol. The minimum Gasteiger partial charge on any atom is -0.369 e. The maximum absolute atomic E-state index is 12.7. The van der Waals surface area contributed by atoms with E-state index >= 15 is 0 Å². The molecule has 2 saturated heterocycles. The number of hydrogen-bond donors (Lipinski definition) is 1. The summed E-state index contributed by atoms with van der Waals surface area (Å²) in [7, 11) is 1.87. The van der Waals surface area contributed by atoms with Crippen molar-refractivity contribution in [2.45, 2.75) is 38.1 Å². The zero-order valence-electron chi connectivity index (χ0n) is 18.8. The van der Waals surface area contributed by atoms with E-state index in [2.05, 4.69) is 22.3 Å². The summed E-state index contributed by atoms with van der Waals surface area (Å²) >= 11 is 5.99. The zero-order valence-corrected chi connectivity index (χ0v) is 19.5. The van der Waals surface area contributed by atoms with E-state index in [9.17, 15) is 9.59 Å². The highest BCUT2D eigenvalue weighted by molar-refractivity contribution is 6.30. The lowest BCUT2D eigenvalue weighted by molar-refractivity contribution is -0.129. The van der Waals surface area contributed by atoms with Gasteiger partial charge in [-0.1, -0.05) is 23.7 Å². The molecule has 2 aliphatic rings. The summed E-state index contributed by atoms with van der Waals surface area (Å²) in [5, 5.41) is 3.79. The van der Waals surface area contributed by atoms with Crippen molar-refractivity contribution in [3.8, 4) is 0 Å². The van der Waals surface area contributed by atoms with Gasteiger partial charge in [0.1, 0.15) is 0 Å². The minimum atomic E-state index is -0.0448. The molecule has 0 radical (unpaired) electrons. The summed E-state index contributed by atoms with van der Waals surface area (Å²) in [6, 6.07) is 16.2. The summed E-state index contributed by atoms with van der Waals surface area (Å²) in [5.41, 5.74) is 3.21. The van der Waals surface area contributed by atoms with Crippen molar-refractivity contribution in [2.75, 3.05) is 43.4 Å². The first-order chi connectivity index (χ1) is 15.4. The normalized spacial score (nSPS) is 19.2. The van der Waals surface area contributed by atoms with E-state index in [4.69, 9.17) is 11.6 Å². The summed E-state index contributed by atoms with van der Waals surface area (Å²) in [5.74, 6) is 0.578. The number of halogens is 1. The topological polar surface area (TPSA) is 55.9 Å². The number of likely N-dealkylation sites (N-methyl/N-ethyl adjacent to an activating group) is 1. The van der Waals surface area contributed by atoms with Crippen LogP contribution in [0.4, 0.5) is 16.2 Å². The van der Waals surface area contributed by atoms with Gasteiger partial charge < -0.3 is 20.0 Å². The van der Waals surface area contributed by atoms with Crippen LogP contribution >= 0.6 is 11.6 Å². The van der Waals surface area contributed by atoms with Crippen molar-refractivity contribution in [2.24, 2.45) is 0 Å². The van der Waals surface area contributed by atoms with Gasteiger partial charge in [-0.2, -0.15) is 0 Å². The molecule has 2 heterocycles. The highest BCUT2D eigenvalue weighted by Gasteiger charge is 2.27. The van der Waals surface area contributed by atoms with Crippen molar-refractivity contribution in [3.63, 3.8) is 0 Å². The van der Waals surface area contributed by atoms with Crippen LogP contribution < -0.4 is 10.2 Å². The van der Waals surface area contributed by atoms with Gasteiger partial charge in [0.15, 0.2) is 0 Å². The fourth-order valence-electron chi connectivity index (χ4n) is 4.66. The third-order valence-electron chi connectivity index (χ3n) is 6.82. The molecule has 7 heteroatoms. The van der Waals surface area contributed by atoms with Crippen molar-refractivity contribution >= 4 is 34.9 Å². The lowest BCUT2D eigenvalue weighted by atomic mass is 9.89. The first-order valence-electron chi connectivity index (χ1n) is 11.3. The molecular weight excluding hydrogens is 424 g/mol. The van der Waals surface area contributed by atoms with Crippen molar-refractivity contribution in [3.05, 3.63) is 59.1 Å². The minimum absolute atomic E-state index is 0.0448. The molecule has 2 fully saturated rings. The van der Waals surface area contributed by atoms with Gasteiger partial charge in [0.2, 0.25) is 5.91 Å². The van der Waals surface area contributed by atoms with E-state index in [1.165, 1.54) is 5.56 Å². The molecule has 1 unspecified atom stereocenters. The van der Waals surface area contributed by atoms with Crippen LogP contribution in [0.3, 0.4) is 0 Å². The quantitative estimate of drug-likeness (QED) is 0.721. The fourth-order valence-corrected chi connectivity index (χ4v) is 4.78. The van der Waals surface area contributed by atoms with E-state index in [1.807, 2.05) is 53.2 Å². The summed E-state index contributed by atoms with van der Waals surface area (Å²) in [6.07, 6.45) is 2.89. The van der Waals surface area contributed by atoms with Gasteiger partial charge in [-0.05, 0) is 67.1 Å². The van der Waals surface area contributed by atoms with Crippen LogP contribution in [-0.2, 0) is 4.79 Å². The maximum atomic E-state index is 12.7. The Balaban J connectivity index is 1.27. The number of carbonyl (C=O) groups is 2. The average Bonchev–Trinajstić information content (AvgIpc) is 3.30. The third-order valence-corrected chi connectivity index (χ3v) is 7.07. The van der Waals surface area contributed by atoms with Crippen LogP contribution in [0.25, 0.3) is 0 Å². The second-order valence-electron chi connectivity index (χ2n) is 8.81. The Kier molecular flexibility index (Phi) is 6.89. The first-order valence-corrected chi connectivity index (χ1v) is 11.7. The molecule has 170 valence electrons. The molecule has 32 heavy (non-hydrogen) atoms. The van der Waals surface area contributed by atoms with E-state index < -0.39 is 0 Å². The molecule has 0 aromatic heterocycles. The number of hydrogen-bond acceptors (Lipinski definition) is 3. The predicted octanol–water partition coefficient (Wildman–Crippen LogP) is 4.81. The Hall–Kier alpha value is -2.73. The molecule has 2 aromatic rings. The van der Waals surface area contributed by atoms with Gasteiger partial charge in [-0.25, -0.2) is 4.79 Å². The number of benzene rings is 2. The number of amides is 3. The Labute approximate surface area is 195 Å².